The highest BCUT2D eigenvalue weighted by Gasteiger charge is 2.24. The van der Waals surface area contributed by atoms with Gasteiger partial charge in [0.05, 0.1) is 0 Å². The molecular weight excluding hydrogens is 176 g/mol. The van der Waals surface area contributed by atoms with Gasteiger partial charge in [-0.1, -0.05) is 45.8 Å². The largest absolute Gasteiger partial charge is 0.0897 e. The summed E-state index contributed by atoms with van der Waals surface area (Å²) in [6.07, 6.45) is 6.64. The number of rotatable bonds is 4. The van der Waals surface area contributed by atoms with E-state index >= 15 is 0 Å². The third-order valence-corrected chi connectivity index (χ3v) is 3.50. The van der Waals surface area contributed by atoms with Gasteiger partial charge in [0.25, 0.3) is 0 Å². The molecule has 0 aromatic rings. The van der Waals surface area contributed by atoms with Crippen LogP contribution in [0.1, 0.15) is 52.9 Å². The van der Waals surface area contributed by atoms with Crippen molar-refractivity contribution < 1.29 is 0 Å². The first-order chi connectivity index (χ1) is 6.09. The van der Waals surface area contributed by atoms with Gasteiger partial charge in [-0.3, -0.25) is 0 Å². The topological polar surface area (TPSA) is 0 Å². The highest BCUT2D eigenvalue weighted by Crippen LogP contribution is 2.34. The summed E-state index contributed by atoms with van der Waals surface area (Å²) >= 11 is 5.42. The van der Waals surface area contributed by atoms with Crippen LogP contribution in [0.4, 0.5) is 0 Å². The van der Waals surface area contributed by atoms with Crippen LogP contribution in [-0.4, -0.2) is 4.86 Å². The quantitative estimate of drug-likeness (QED) is 0.609. The third-order valence-electron chi connectivity index (χ3n) is 3.16. The van der Waals surface area contributed by atoms with Crippen molar-refractivity contribution in [2.75, 3.05) is 0 Å². The molecule has 13 heavy (non-hydrogen) atoms. The maximum atomic E-state index is 5.42. The molecule has 0 nitrogen and oxygen atoms in total. The van der Waals surface area contributed by atoms with Crippen LogP contribution < -0.4 is 0 Å². The van der Waals surface area contributed by atoms with Crippen molar-refractivity contribution in [2.45, 2.75) is 52.9 Å². The van der Waals surface area contributed by atoms with Crippen LogP contribution in [0.2, 0.25) is 0 Å². The van der Waals surface area contributed by atoms with Gasteiger partial charge in [-0.2, -0.15) is 0 Å². The van der Waals surface area contributed by atoms with Gasteiger partial charge in [0, 0.05) is 0 Å². The van der Waals surface area contributed by atoms with Crippen LogP contribution in [-0.2, 0) is 0 Å². The average Bonchev–Trinajstić information content (AvgIpc) is 2.34. The Kier molecular flexibility index (Phi) is 4.37. The minimum atomic E-state index is 0.740. The molecule has 76 valence electrons. The zero-order valence-corrected chi connectivity index (χ0v) is 9.99. The molecule has 0 aromatic heterocycles. The van der Waals surface area contributed by atoms with E-state index in [9.17, 15) is 0 Å². The zero-order valence-electron chi connectivity index (χ0n) is 9.18. The van der Waals surface area contributed by atoms with E-state index in [-0.39, 0.29) is 0 Å². The summed E-state index contributed by atoms with van der Waals surface area (Å²) in [5.74, 6) is 2.57. The molecule has 1 saturated carbocycles. The summed E-state index contributed by atoms with van der Waals surface area (Å²) in [7, 11) is 0. The molecule has 0 saturated heterocycles. The van der Waals surface area contributed by atoms with Crippen LogP contribution in [0, 0.1) is 17.8 Å². The van der Waals surface area contributed by atoms with Crippen molar-refractivity contribution in [2.24, 2.45) is 17.8 Å². The Bertz CT molecular complexity index is 172. The molecule has 2 atom stereocenters. The smallest absolute Gasteiger partial charge is 0.00661 e. The van der Waals surface area contributed by atoms with Gasteiger partial charge in [-0.05, 0) is 41.9 Å². The summed E-state index contributed by atoms with van der Waals surface area (Å²) in [6, 6.07) is 0. The number of hydrogen-bond acceptors (Lipinski definition) is 1. The molecule has 1 rings (SSSR count). The second kappa shape index (κ2) is 5.09. The Labute approximate surface area is 88.1 Å². The van der Waals surface area contributed by atoms with Crippen LogP contribution in [0.15, 0.2) is 0 Å². The van der Waals surface area contributed by atoms with E-state index in [2.05, 4.69) is 20.8 Å². The van der Waals surface area contributed by atoms with Crippen LogP contribution in [0.3, 0.4) is 0 Å². The predicted molar refractivity (Wildman–Crippen MR) is 63.2 cm³/mol. The minimum Gasteiger partial charge on any atom is -0.0897 e. The Morgan fingerprint density at radius 1 is 1.38 bits per heavy atom. The minimum absolute atomic E-state index is 0.740. The Balaban J connectivity index is 2.27. The van der Waals surface area contributed by atoms with Crippen molar-refractivity contribution in [1.29, 1.82) is 0 Å². The molecule has 0 heterocycles. The van der Waals surface area contributed by atoms with Crippen molar-refractivity contribution in [3.63, 3.8) is 0 Å². The monoisotopic (exact) mass is 198 g/mol. The molecular formula is C12H22S. The van der Waals surface area contributed by atoms with Crippen molar-refractivity contribution in [3.05, 3.63) is 0 Å². The van der Waals surface area contributed by atoms with Gasteiger partial charge in [0.1, 0.15) is 0 Å². The van der Waals surface area contributed by atoms with Crippen molar-refractivity contribution >= 4 is 17.1 Å². The highest BCUT2D eigenvalue weighted by molar-refractivity contribution is 7.80. The van der Waals surface area contributed by atoms with Gasteiger partial charge in [0.15, 0.2) is 0 Å². The number of thiocarbonyl (C=S) groups is 1. The lowest BCUT2D eigenvalue weighted by Gasteiger charge is -2.16. The normalized spacial score (nSPS) is 28.3. The lowest BCUT2D eigenvalue weighted by Crippen LogP contribution is -2.11. The second-order valence-electron chi connectivity index (χ2n) is 5.01. The van der Waals surface area contributed by atoms with Gasteiger partial charge < -0.3 is 0 Å². The predicted octanol–water partition coefficient (Wildman–Crippen LogP) is 4.23. The molecule has 0 amide bonds. The molecule has 1 aliphatic rings. The van der Waals surface area contributed by atoms with Gasteiger partial charge in [-0.15, -0.1) is 0 Å². The SMILES string of the molecule is CC(C)CC(=S)CC1CCC[C@H]1C. The van der Waals surface area contributed by atoms with Gasteiger partial charge in [0.2, 0.25) is 0 Å². The molecule has 0 bridgehead atoms. The zero-order chi connectivity index (χ0) is 9.84. The number of hydrogen-bond donors (Lipinski definition) is 0. The van der Waals surface area contributed by atoms with Crippen molar-refractivity contribution in [3.8, 4) is 0 Å². The van der Waals surface area contributed by atoms with E-state index in [0.717, 1.165) is 24.2 Å². The fourth-order valence-corrected chi connectivity index (χ4v) is 2.90. The van der Waals surface area contributed by atoms with Crippen LogP contribution >= 0.6 is 12.2 Å². The molecule has 0 aromatic carbocycles. The fourth-order valence-electron chi connectivity index (χ4n) is 2.36. The molecule has 1 heteroatoms. The summed E-state index contributed by atoms with van der Waals surface area (Å²) in [4.78, 5) is 1.31. The standard InChI is InChI=1S/C12H22S/c1-9(2)7-12(13)8-11-6-4-5-10(11)3/h9-11H,4-8H2,1-3H3/t10-,11?/m1/s1. The fraction of sp³-hybridized carbons (Fsp3) is 0.917. The molecule has 1 aliphatic carbocycles. The maximum Gasteiger partial charge on any atom is -0.00661 e. The first kappa shape index (κ1) is 11.2. The second-order valence-corrected chi connectivity index (χ2v) is 5.59. The van der Waals surface area contributed by atoms with E-state index < -0.39 is 0 Å². The summed E-state index contributed by atoms with van der Waals surface area (Å²) in [5.41, 5.74) is 0. The Morgan fingerprint density at radius 3 is 2.54 bits per heavy atom. The van der Waals surface area contributed by atoms with E-state index in [4.69, 9.17) is 12.2 Å². The summed E-state index contributed by atoms with van der Waals surface area (Å²) in [5, 5.41) is 0. The van der Waals surface area contributed by atoms with Crippen molar-refractivity contribution in [1.82, 2.24) is 0 Å². The maximum absolute atomic E-state index is 5.42. The molecule has 0 aliphatic heterocycles. The van der Waals surface area contributed by atoms with E-state index in [1.807, 2.05) is 0 Å². The highest BCUT2D eigenvalue weighted by atomic mass is 32.1. The first-order valence-electron chi connectivity index (χ1n) is 5.61. The molecule has 0 radical (unpaired) electrons. The summed E-state index contributed by atoms with van der Waals surface area (Å²) in [6.45, 7) is 6.89. The molecule has 0 spiro atoms. The Hall–Kier alpha value is 0.0900. The van der Waals surface area contributed by atoms with Crippen LogP contribution in [0.5, 0.6) is 0 Å². The van der Waals surface area contributed by atoms with Crippen LogP contribution in [0.25, 0.3) is 0 Å². The summed E-state index contributed by atoms with van der Waals surface area (Å²) < 4.78 is 0. The third kappa shape index (κ3) is 3.76. The van der Waals surface area contributed by atoms with E-state index in [1.54, 1.807) is 0 Å². The molecule has 1 unspecified atom stereocenters. The Morgan fingerprint density at radius 2 is 2.08 bits per heavy atom. The van der Waals surface area contributed by atoms with Gasteiger partial charge >= 0.3 is 0 Å². The molecule has 0 N–H and O–H groups in total. The lowest BCUT2D eigenvalue weighted by atomic mass is 9.91. The first-order valence-corrected chi connectivity index (χ1v) is 6.02. The molecule has 1 fully saturated rings. The lowest BCUT2D eigenvalue weighted by molar-refractivity contribution is 0.431. The van der Waals surface area contributed by atoms with E-state index in [0.29, 0.717) is 0 Å². The van der Waals surface area contributed by atoms with E-state index in [1.165, 1.54) is 30.5 Å². The van der Waals surface area contributed by atoms with Gasteiger partial charge in [-0.25, -0.2) is 0 Å². The average molecular weight is 198 g/mol.